The van der Waals surface area contributed by atoms with Gasteiger partial charge in [0, 0.05) is 24.7 Å². The summed E-state index contributed by atoms with van der Waals surface area (Å²) in [6.07, 6.45) is 2.86. The third-order valence-electron chi connectivity index (χ3n) is 6.12. The Labute approximate surface area is 208 Å². The predicted molar refractivity (Wildman–Crippen MR) is 136 cm³/mol. The lowest BCUT2D eigenvalue weighted by Crippen LogP contribution is -2.47. The van der Waals surface area contributed by atoms with Crippen molar-refractivity contribution in [2.75, 3.05) is 25.0 Å². The Morgan fingerprint density at radius 1 is 1.06 bits per heavy atom. The van der Waals surface area contributed by atoms with Gasteiger partial charge in [-0.05, 0) is 69.5 Å². The number of sulfonamides is 1. The number of amides is 2. The van der Waals surface area contributed by atoms with Gasteiger partial charge in [0.05, 0.1) is 11.5 Å². The maximum Gasteiger partial charge on any atom is 0.246 e. The van der Waals surface area contributed by atoms with Crippen molar-refractivity contribution in [3.8, 4) is 5.75 Å². The summed E-state index contributed by atoms with van der Waals surface area (Å²) in [5, 5.41) is 5.56. The summed E-state index contributed by atoms with van der Waals surface area (Å²) in [6.45, 7) is 6.82. The smallest absolute Gasteiger partial charge is 0.246 e. The van der Waals surface area contributed by atoms with E-state index in [1.165, 1.54) is 4.31 Å². The Morgan fingerprint density at radius 3 is 2.29 bits per heavy atom. The lowest BCUT2D eigenvalue weighted by Gasteiger charge is -2.31. The van der Waals surface area contributed by atoms with Crippen LogP contribution in [-0.4, -0.2) is 50.3 Å². The zero-order chi connectivity index (χ0) is 25.4. The molecule has 2 amide bonds. The number of anilines is 1. The Kier molecular flexibility index (Phi) is 9.28. The number of nitrogens with zero attached hydrogens (tertiary/aromatic N) is 1. The van der Waals surface area contributed by atoms with Gasteiger partial charge in [0.25, 0.3) is 0 Å². The molecule has 190 valence electrons. The van der Waals surface area contributed by atoms with Crippen LogP contribution in [0.3, 0.4) is 0 Å². The molecule has 1 fully saturated rings. The van der Waals surface area contributed by atoms with Gasteiger partial charge < -0.3 is 15.4 Å². The highest BCUT2D eigenvalue weighted by molar-refractivity contribution is 7.89. The van der Waals surface area contributed by atoms with E-state index in [9.17, 15) is 18.0 Å². The minimum absolute atomic E-state index is 0.236. The van der Waals surface area contributed by atoms with Crippen LogP contribution in [0.25, 0.3) is 0 Å². The number of aryl methyl sites for hydroxylation is 1. The fraction of sp³-hybridized carbons (Fsp3) is 0.462. The number of carbonyl (C=O) groups is 2. The molecule has 2 aromatic carbocycles. The largest absolute Gasteiger partial charge is 0.494 e. The summed E-state index contributed by atoms with van der Waals surface area (Å²) in [5.41, 5.74) is 1.61. The average molecular weight is 502 g/mol. The van der Waals surface area contributed by atoms with Gasteiger partial charge in [0.15, 0.2) is 0 Å². The lowest BCUT2D eigenvalue weighted by atomic mass is 9.97. The molecular weight excluding hydrogens is 466 g/mol. The molecule has 3 rings (SSSR count). The molecule has 35 heavy (non-hydrogen) atoms. The van der Waals surface area contributed by atoms with Crippen LogP contribution in [0.2, 0.25) is 0 Å². The molecule has 0 spiro atoms. The number of carbonyl (C=O) groups excluding carboxylic acids is 2. The molecule has 1 saturated heterocycles. The van der Waals surface area contributed by atoms with Crippen molar-refractivity contribution >= 4 is 27.5 Å². The second-order valence-corrected chi connectivity index (χ2v) is 10.9. The van der Waals surface area contributed by atoms with Crippen LogP contribution in [0, 0.1) is 12.8 Å². The molecule has 1 heterocycles. The summed E-state index contributed by atoms with van der Waals surface area (Å²) in [6, 6.07) is 13.2. The first-order valence-electron chi connectivity index (χ1n) is 12.1. The minimum atomic E-state index is -3.58. The number of piperidine rings is 1. The van der Waals surface area contributed by atoms with E-state index in [2.05, 4.69) is 17.6 Å². The van der Waals surface area contributed by atoms with Gasteiger partial charge in [-0.3, -0.25) is 9.59 Å². The second-order valence-electron chi connectivity index (χ2n) is 8.94. The van der Waals surface area contributed by atoms with E-state index >= 15 is 0 Å². The quantitative estimate of drug-likeness (QED) is 0.483. The molecule has 2 N–H and O–H groups in total. The zero-order valence-electron chi connectivity index (χ0n) is 20.6. The molecule has 1 atom stereocenters. The maximum absolute atomic E-state index is 12.9. The van der Waals surface area contributed by atoms with Gasteiger partial charge in [0.2, 0.25) is 21.8 Å². The topological polar surface area (TPSA) is 105 Å². The highest BCUT2D eigenvalue weighted by atomic mass is 32.2. The van der Waals surface area contributed by atoms with E-state index in [-0.39, 0.29) is 35.7 Å². The monoisotopic (exact) mass is 501 g/mol. The van der Waals surface area contributed by atoms with Crippen molar-refractivity contribution in [2.45, 2.75) is 57.4 Å². The average Bonchev–Trinajstić information content (AvgIpc) is 2.85. The lowest BCUT2D eigenvalue weighted by molar-refractivity contribution is -0.129. The molecule has 8 nitrogen and oxygen atoms in total. The number of hydrogen-bond acceptors (Lipinski definition) is 5. The number of ether oxygens (including phenoxy) is 1. The van der Waals surface area contributed by atoms with Crippen LogP contribution in [0.4, 0.5) is 5.69 Å². The van der Waals surface area contributed by atoms with Gasteiger partial charge >= 0.3 is 0 Å². The van der Waals surface area contributed by atoms with E-state index in [4.69, 9.17) is 4.74 Å². The van der Waals surface area contributed by atoms with E-state index in [0.717, 1.165) is 24.2 Å². The van der Waals surface area contributed by atoms with Gasteiger partial charge in [-0.25, -0.2) is 8.42 Å². The van der Waals surface area contributed by atoms with E-state index in [1.807, 2.05) is 6.92 Å². The Hall–Kier alpha value is -2.91. The molecule has 0 aliphatic carbocycles. The SMILES string of the molecule is CCCCOc1ccc(NC(=O)C(C)NC(=O)C2CCN(S(=O)(=O)c3ccc(C)cc3)CC2)cc1. The molecule has 1 aliphatic rings. The number of unbranched alkanes of at least 4 members (excludes halogenated alkanes) is 1. The van der Waals surface area contributed by atoms with E-state index < -0.39 is 16.1 Å². The normalized spacial score (nSPS) is 15.9. The first kappa shape index (κ1) is 26.7. The molecule has 1 unspecified atom stereocenters. The third-order valence-corrected chi connectivity index (χ3v) is 8.04. The molecule has 9 heteroatoms. The Morgan fingerprint density at radius 2 is 1.69 bits per heavy atom. The molecule has 0 saturated carbocycles. The van der Waals surface area contributed by atoms with Crippen molar-refractivity contribution in [1.29, 1.82) is 0 Å². The molecule has 0 radical (unpaired) electrons. The highest BCUT2D eigenvalue weighted by Gasteiger charge is 2.32. The van der Waals surface area contributed by atoms with Crippen LogP contribution in [-0.2, 0) is 19.6 Å². The van der Waals surface area contributed by atoms with Gasteiger partial charge in [-0.15, -0.1) is 0 Å². The van der Waals surface area contributed by atoms with Crippen molar-refractivity contribution < 1.29 is 22.7 Å². The first-order chi connectivity index (χ1) is 16.7. The fourth-order valence-electron chi connectivity index (χ4n) is 3.83. The Balaban J connectivity index is 1.46. The summed E-state index contributed by atoms with van der Waals surface area (Å²) in [5.74, 6) is -0.153. The van der Waals surface area contributed by atoms with Crippen molar-refractivity contribution in [1.82, 2.24) is 9.62 Å². The van der Waals surface area contributed by atoms with Crippen LogP contribution in [0.15, 0.2) is 53.4 Å². The predicted octanol–water partition coefficient (Wildman–Crippen LogP) is 3.72. The molecule has 2 aromatic rings. The number of hydrogen-bond donors (Lipinski definition) is 2. The standard InChI is InChI=1S/C26H35N3O5S/c1-4-5-18-34-23-10-8-22(9-11-23)28-25(30)20(3)27-26(31)21-14-16-29(17-15-21)35(32,33)24-12-6-19(2)7-13-24/h6-13,20-21H,4-5,14-18H2,1-3H3,(H,27,31)(H,28,30). The number of rotatable bonds is 10. The van der Waals surface area contributed by atoms with Crippen molar-refractivity contribution in [2.24, 2.45) is 5.92 Å². The summed E-state index contributed by atoms with van der Waals surface area (Å²) < 4.78 is 32.8. The van der Waals surface area contributed by atoms with Crippen molar-refractivity contribution in [3.63, 3.8) is 0 Å². The molecule has 0 bridgehead atoms. The first-order valence-corrected chi connectivity index (χ1v) is 13.6. The molecular formula is C26H35N3O5S. The van der Waals surface area contributed by atoms with Crippen molar-refractivity contribution in [3.05, 3.63) is 54.1 Å². The molecule has 0 aromatic heterocycles. The molecule has 1 aliphatic heterocycles. The van der Waals surface area contributed by atoms with Gasteiger partial charge in [0.1, 0.15) is 11.8 Å². The second kappa shape index (κ2) is 12.2. The van der Waals surface area contributed by atoms with E-state index in [0.29, 0.717) is 25.1 Å². The third kappa shape index (κ3) is 7.29. The van der Waals surface area contributed by atoms with E-state index in [1.54, 1.807) is 55.5 Å². The zero-order valence-corrected chi connectivity index (χ0v) is 21.4. The Bertz CT molecular complexity index is 1090. The van der Waals surface area contributed by atoms with Crippen LogP contribution in [0.5, 0.6) is 5.75 Å². The van der Waals surface area contributed by atoms with Crippen LogP contribution in [0.1, 0.15) is 45.1 Å². The fourth-order valence-corrected chi connectivity index (χ4v) is 5.30. The minimum Gasteiger partial charge on any atom is -0.494 e. The highest BCUT2D eigenvalue weighted by Crippen LogP contribution is 2.24. The summed E-state index contributed by atoms with van der Waals surface area (Å²) >= 11 is 0. The summed E-state index contributed by atoms with van der Waals surface area (Å²) in [7, 11) is -3.58. The number of benzene rings is 2. The number of nitrogens with one attached hydrogen (secondary N) is 2. The van der Waals surface area contributed by atoms with Crippen LogP contribution < -0.4 is 15.4 Å². The van der Waals surface area contributed by atoms with Gasteiger partial charge in [-0.1, -0.05) is 31.0 Å². The maximum atomic E-state index is 12.9. The van der Waals surface area contributed by atoms with Gasteiger partial charge in [-0.2, -0.15) is 4.31 Å². The van der Waals surface area contributed by atoms with Crippen LogP contribution >= 0.6 is 0 Å². The summed E-state index contributed by atoms with van der Waals surface area (Å²) in [4.78, 5) is 25.5.